The van der Waals surface area contributed by atoms with Gasteiger partial charge >= 0.3 is 0 Å². The molecule has 0 saturated carbocycles. The van der Waals surface area contributed by atoms with Crippen molar-refractivity contribution in [3.8, 4) is 0 Å². The first-order valence-electron chi connectivity index (χ1n) is 6.61. The summed E-state index contributed by atoms with van der Waals surface area (Å²) in [4.78, 5) is 3.55. The summed E-state index contributed by atoms with van der Waals surface area (Å²) in [5, 5.41) is 6.63. The smallest absolute Gasteiger partial charge is 0.0613 e. The number of hydrogen-bond donors (Lipinski definition) is 1. The van der Waals surface area contributed by atoms with Gasteiger partial charge in [-0.05, 0) is 51.9 Å². The Hall–Kier alpha value is -0.0900. The summed E-state index contributed by atoms with van der Waals surface area (Å²) >= 11 is 8.08. The van der Waals surface area contributed by atoms with Crippen LogP contribution >= 0.6 is 22.9 Å². The van der Waals surface area contributed by atoms with E-state index in [4.69, 9.17) is 11.6 Å². The lowest BCUT2D eigenvalue weighted by Crippen LogP contribution is -2.51. The molecule has 0 radical (unpaired) electrons. The number of hydrogen-bond acceptors (Lipinski definition) is 3. The first-order valence-corrected chi connectivity index (χ1v) is 7.86. The van der Waals surface area contributed by atoms with Crippen molar-refractivity contribution in [2.75, 3.05) is 20.6 Å². The summed E-state index contributed by atoms with van der Waals surface area (Å²) in [5.74, 6) is 0. The summed E-state index contributed by atoms with van der Waals surface area (Å²) in [5.41, 5.74) is 0.0731. The minimum absolute atomic E-state index is 0.0731. The average Bonchev–Trinajstić information content (AvgIpc) is 2.75. The average molecular weight is 289 g/mol. The number of halogens is 1. The second-order valence-corrected chi connectivity index (χ2v) is 6.48. The summed E-state index contributed by atoms with van der Waals surface area (Å²) < 4.78 is 0. The van der Waals surface area contributed by atoms with E-state index < -0.39 is 0 Å². The van der Waals surface area contributed by atoms with Gasteiger partial charge in [-0.25, -0.2) is 0 Å². The maximum atomic E-state index is 6.33. The van der Waals surface area contributed by atoms with E-state index in [1.165, 1.54) is 4.88 Å². The minimum Gasteiger partial charge on any atom is -0.308 e. The molecule has 1 aromatic rings. The fraction of sp³-hybridized carbons (Fsp3) is 0.714. The first kappa shape index (κ1) is 16.0. The Bertz CT molecular complexity index is 364. The molecule has 1 heterocycles. The molecule has 104 valence electrons. The number of likely N-dealkylation sites (N-methyl/N-ethyl adjacent to an activating group) is 1. The predicted molar refractivity (Wildman–Crippen MR) is 82.7 cm³/mol. The Morgan fingerprint density at radius 1 is 1.44 bits per heavy atom. The summed E-state index contributed by atoms with van der Waals surface area (Å²) in [6.45, 7) is 7.75. The standard InChI is InChI=1S/C14H25ClN2S/c1-6-9-16-13(12-11(15)8-10-18-12)14(3,7-2)17(4)5/h8,10,13,16H,6-7,9H2,1-5H3. The normalized spacial score (nSPS) is 16.8. The molecular formula is C14H25ClN2S. The zero-order valence-corrected chi connectivity index (χ0v) is 13.7. The van der Waals surface area contributed by atoms with E-state index >= 15 is 0 Å². The van der Waals surface area contributed by atoms with E-state index in [0.717, 1.165) is 24.4 Å². The number of thiophene rings is 1. The van der Waals surface area contributed by atoms with Gasteiger partial charge in [0.15, 0.2) is 0 Å². The molecule has 18 heavy (non-hydrogen) atoms. The van der Waals surface area contributed by atoms with Gasteiger partial charge < -0.3 is 10.2 Å². The van der Waals surface area contributed by atoms with Gasteiger partial charge in [-0.15, -0.1) is 11.3 Å². The molecule has 0 aromatic carbocycles. The molecule has 2 nitrogen and oxygen atoms in total. The van der Waals surface area contributed by atoms with Gasteiger partial charge in [0, 0.05) is 10.4 Å². The highest BCUT2D eigenvalue weighted by Crippen LogP contribution is 2.38. The van der Waals surface area contributed by atoms with Gasteiger partial charge in [-0.1, -0.05) is 25.4 Å². The van der Waals surface area contributed by atoms with Crippen LogP contribution in [-0.4, -0.2) is 31.1 Å². The van der Waals surface area contributed by atoms with Crippen LogP contribution in [0.5, 0.6) is 0 Å². The molecule has 0 spiro atoms. The first-order chi connectivity index (χ1) is 8.47. The molecule has 0 fully saturated rings. The van der Waals surface area contributed by atoms with Gasteiger partial charge in [0.2, 0.25) is 0 Å². The number of rotatable bonds is 7. The maximum absolute atomic E-state index is 6.33. The highest BCUT2D eigenvalue weighted by atomic mass is 35.5. The van der Waals surface area contributed by atoms with Crippen molar-refractivity contribution in [1.29, 1.82) is 0 Å². The van der Waals surface area contributed by atoms with Gasteiger partial charge in [0.25, 0.3) is 0 Å². The van der Waals surface area contributed by atoms with Crippen LogP contribution in [0, 0.1) is 0 Å². The molecule has 0 bridgehead atoms. The fourth-order valence-electron chi connectivity index (χ4n) is 2.17. The minimum atomic E-state index is 0.0731. The van der Waals surface area contributed by atoms with E-state index in [1.807, 2.05) is 6.07 Å². The Labute approximate surface area is 120 Å². The van der Waals surface area contributed by atoms with Gasteiger partial charge in [-0.3, -0.25) is 0 Å². The zero-order valence-electron chi connectivity index (χ0n) is 12.1. The molecule has 0 aliphatic rings. The van der Waals surface area contributed by atoms with Crippen molar-refractivity contribution in [1.82, 2.24) is 10.2 Å². The van der Waals surface area contributed by atoms with E-state index in [1.54, 1.807) is 11.3 Å². The molecule has 0 aliphatic heterocycles. The van der Waals surface area contributed by atoms with E-state index in [9.17, 15) is 0 Å². The van der Waals surface area contributed by atoms with E-state index in [2.05, 4.69) is 50.5 Å². The summed E-state index contributed by atoms with van der Waals surface area (Å²) in [6, 6.07) is 2.28. The van der Waals surface area contributed by atoms with Crippen LogP contribution in [0.1, 0.15) is 44.5 Å². The molecule has 4 heteroatoms. The van der Waals surface area contributed by atoms with E-state index in [0.29, 0.717) is 0 Å². The third-order valence-electron chi connectivity index (χ3n) is 3.86. The molecule has 0 aliphatic carbocycles. The lowest BCUT2D eigenvalue weighted by Gasteiger charge is -2.43. The quantitative estimate of drug-likeness (QED) is 0.810. The van der Waals surface area contributed by atoms with Crippen LogP contribution < -0.4 is 5.32 Å². The van der Waals surface area contributed by atoms with Crippen LogP contribution in [-0.2, 0) is 0 Å². The van der Waals surface area contributed by atoms with Crippen LogP contribution in [0.15, 0.2) is 11.4 Å². The molecular weight excluding hydrogens is 264 g/mol. The van der Waals surface area contributed by atoms with Crippen LogP contribution in [0.3, 0.4) is 0 Å². The number of nitrogens with one attached hydrogen (secondary N) is 1. The van der Waals surface area contributed by atoms with Crippen molar-refractivity contribution in [3.05, 3.63) is 21.3 Å². The molecule has 1 aromatic heterocycles. The van der Waals surface area contributed by atoms with Crippen molar-refractivity contribution in [2.45, 2.75) is 45.2 Å². The largest absolute Gasteiger partial charge is 0.308 e. The third kappa shape index (κ3) is 3.27. The topological polar surface area (TPSA) is 15.3 Å². The Kier molecular flexibility index (Phi) is 6.12. The SMILES string of the molecule is CCCNC(c1sccc1Cl)C(C)(CC)N(C)C. The third-order valence-corrected chi connectivity index (χ3v) is 5.29. The van der Waals surface area contributed by atoms with Crippen molar-refractivity contribution in [2.24, 2.45) is 0 Å². The molecule has 1 rings (SSSR count). The van der Waals surface area contributed by atoms with Crippen molar-refractivity contribution in [3.63, 3.8) is 0 Å². The van der Waals surface area contributed by atoms with Crippen molar-refractivity contribution >= 4 is 22.9 Å². The number of nitrogens with zero attached hydrogens (tertiary/aromatic N) is 1. The maximum Gasteiger partial charge on any atom is 0.0613 e. The molecule has 2 unspecified atom stereocenters. The van der Waals surface area contributed by atoms with Gasteiger partial charge in [0.1, 0.15) is 0 Å². The van der Waals surface area contributed by atoms with Crippen LogP contribution in [0.4, 0.5) is 0 Å². The highest BCUT2D eigenvalue weighted by Gasteiger charge is 2.37. The molecule has 0 saturated heterocycles. The molecule has 1 N–H and O–H groups in total. The monoisotopic (exact) mass is 288 g/mol. The Morgan fingerprint density at radius 3 is 2.50 bits per heavy atom. The van der Waals surface area contributed by atoms with Gasteiger partial charge in [-0.2, -0.15) is 0 Å². The van der Waals surface area contributed by atoms with Crippen LogP contribution in [0.25, 0.3) is 0 Å². The summed E-state index contributed by atoms with van der Waals surface area (Å²) in [6.07, 6.45) is 2.21. The fourth-order valence-corrected chi connectivity index (χ4v) is 3.56. The summed E-state index contributed by atoms with van der Waals surface area (Å²) in [7, 11) is 4.29. The van der Waals surface area contributed by atoms with Crippen molar-refractivity contribution < 1.29 is 0 Å². The lowest BCUT2D eigenvalue weighted by atomic mass is 9.86. The second kappa shape index (κ2) is 6.90. The van der Waals surface area contributed by atoms with Gasteiger partial charge in [0.05, 0.1) is 11.1 Å². The van der Waals surface area contributed by atoms with E-state index in [-0.39, 0.29) is 11.6 Å². The predicted octanol–water partition coefficient (Wildman–Crippen LogP) is 4.17. The Balaban J connectivity index is 3.08. The highest BCUT2D eigenvalue weighted by molar-refractivity contribution is 7.10. The Morgan fingerprint density at radius 2 is 2.11 bits per heavy atom. The molecule has 2 atom stereocenters. The van der Waals surface area contributed by atoms with Crippen LogP contribution in [0.2, 0.25) is 5.02 Å². The second-order valence-electron chi connectivity index (χ2n) is 5.13. The molecule has 0 amide bonds. The lowest BCUT2D eigenvalue weighted by molar-refractivity contribution is 0.114. The zero-order chi connectivity index (χ0) is 13.8.